The number of carbonyl (C=O) groups excluding carboxylic acids is 5. The number of hydrogen-bond acceptors (Lipinski definition) is 7. The lowest BCUT2D eigenvalue weighted by Crippen LogP contribution is -2.54. The van der Waals surface area contributed by atoms with Gasteiger partial charge in [0.2, 0.25) is 11.8 Å². The Kier molecular flexibility index (Phi) is 13.8. The second-order valence-corrected chi connectivity index (χ2v) is 14.1. The highest BCUT2D eigenvalue weighted by Crippen LogP contribution is 2.31. The van der Waals surface area contributed by atoms with E-state index < -0.39 is 58.7 Å². The number of nitrogens with zero attached hydrogens (tertiary/aromatic N) is 1. The number of fused-ring (bicyclic) bond motifs is 1. The van der Waals surface area contributed by atoms with Gasteiger partial charge in [0.05, 0.1) is 34.7 Å². The molecule has 0 aliphatic carbocycles. The minimum Gasteiger partial charge on any atom is -0.350 e. The lowest BCUT2D eigenvalue weighted by molar-refractivity contribution is -0.136. The molecule has 52 heavy (non-hydrogen) atoms. The molecule has 276 valence electrons. The molecular weight excluding hydrogens is 792 g/mol. The van der Waals surface area contributed by atoms with Crippen LogP contribution in [0.3, 0.4) is 0 Å². The molecule has 3 N–H and O–H groups in total. The van der Waals surface area contributed by atoms with E-state index in [1.165, 1.54) is 12.1 Å². The first kappa shape index (κ1) is 38.9. The van der Waals surface area contributed by atoms with Crippen LogP contribution in [0.2, 0.25) is 0 Å². The van der Waals surface area contributed by atoms with E-state index in [0.29, 0.717) is 27.5 Å². The third kappa shape index (κ3) is 9.56. The quantitative estimate of drug-likeness (QED) is 0.0519. The molecule has 5 amide bonds. The number of hydrogen-bond donors (Lipinski definition) is 3. The average Bonchev–Trinajstić information content (AvgIpc) is 3.37. The molecule has 0 saturated carbocycles. The molecule has 1 atom stereocenters. The normalized spacial score (nSPS) is 15.5. The lowest BCUT2D eigenvalue weighted by atomic mass is 9.97. The number of carbonyl (C=O) groups is 5. The van der Waals surface area contributed by atoms with Crippen molar-refractivity contribution in [2.24, 2.45) is 0 Å². The van der Waals surface area contributed by atoms with E-state index in [0.717, 1.165) is 80.4 Å². The van der Waals surface area contributed by atoms with Gasteiger partial charge in [-0.25, -0.2) is 18.7 Å². The minimum absolute atomic E-state index is 0.0830. The van der Waals surface area contributed by atoms with Gasteiger partial charge in [-0.2, -0.15) is 0 Å². The smallest absolute Gasteiger partial charge is 0.277 e. The second-order valence-electron chi connectivity index (χ2n) is 12.9. The Morgan fingerprint density at radius 3 is 2.23 bits per heavy atom. The zero-order chi connectivity index (χ0) is 37.2. The molecule has 1 unspecified atom stereocenters. The molecule has 14 heteroatoms. The first-order chi connectivity index (χ1) is 25.1. The van der Waals surface area contributed by atoms with Gasteiger partial charge in [-0.3, -0.25) is 39.0 Å². The molecule has 0 radical (unpaired) electrons. The van der Waals surface area contributed by atoms with Crippen molar-refractivity contribution in [1.82, 2.24) is 15.7 Å². The molecule has 0 spiro atoms. The van der Waals surface area contributed by atoms with Crippen molar-refractivity contribution in [3.8, 4) is 0 Å². The first-order valence-corrected chi connectivity index (χ1v) is 18.6. The van der Waals surface area contributed by atoms with Crippen LogP contribution in [0.25, 0.3) is 0 Å². The number of rotatable bonds is 18. The summed E-state index contributed by atoms with van der Waals surface area (Å²) in [7, 11) is 0. The van der Waals surface area contributed by atoms with Crippen LogP contribution in [0.15, 0.2) is 48.5 Å². The summed E-state index contributed by atoms with van der Waals surface area (Å²) in [6.07, 6.45) is 10.7. The van der Waals surface area contributed by atoms with Crippen LogP contribution in [0.4, 0.5) is 24.5 Å². The van der Waals surface area contributed by atoms with Gasteiger partial charge in [-0.05, 0) is 90.2 Å². The number of unbranched alkanes of at least 4 members (excludes halogenated alkanes) is 9. The van der Waals surface area contributed by atoms with Crippen molar-refractivity contribution in [3.05, 3.63) is 91.8 Å². The molecule has 2 heterocycles. The second kappa shape index (κ2) is 18.4. The van der Waals surface area contributed by atoms with E-state index in [-0.39, 0.29) is 30.7 Å². The molecule has 3 aromatic carbocycles. The topological polar surface area (TPSA) is 134 Å². The monoisotopic (exact) mass is 832 g/mol. The summed E-state index contributed by atoms with van der Waals surface area (Å²) in [5.41, 5.74) is 2.91. The fraction of sp³-hybridized carbons (Fsp3) is 0.395. The van der Waals surface area contributed by atoms with Crippen LogP contribution in [0.5, 0.6) is 0 Å². The van der Waals surface area contributed by atoms with E-state index in [4.69, 9.17) is 4.84 Å². The summed E-state index contributed by atoms with van der Waals surface area (Å²) in [4.78, 5) is 69.1. The predicted molar refractivity (Wildman–Crippen MR) is 195 cm³/mol. The maximum atomic E-state index is 14.6. The van der Waals surface area contributed by atoms with Crippen molar-refractivity contribution >= 4 is 63.5 Å². The highest BCUT2D eigenvalue weighted by Gasteiger charge is 2.45. The van der Waals surface area contributed by atoms with Gasteiger partial charge >= 0.3 is 0 Å². The van der Waals surface area contributed by atoms with Gasteiger partial charge in [-0.15, -0.1) is 0 Å². The maximum absolute atomic E-state index is 14.6. The van der Waals surface area contributed by atoms with Gasteiger partial charge in [-0.1, -0.05) is 63.5 Å². The molecule has 0 bridgehead atoms. The van der Waals surface area contributed by atoms with Gasteiger partial charge < -0.3 is 5.32 Å². The Morgan fingerprint density at radius 1 is 0.846 bits per heavy atom. The average molecular weight is 833 g/mol. The molecule has 10 nitrogen and oxygen atoms in total. The largest absolute Gasteiger partial charge is 0.350 e. The number of piperidine rings is 1. The summed E-state index contributed by atoms with van der Waals surface area (Å²) < 4.78 is 43.5. The van der Waals surface area contributed by atoms with E-state index in [9.17, 15) is 37.1 Å². The number of amides is 5. The van der Waals surface area contributed by atoms with Crippen LogP contribution >= 0.6 is 22.6 Å². The fourth-order valence-electron chi connectivity index (χ4n) is 6.46. The number of nitrogens with one attached hydrogen (secondary N) is 3. The number of hydroxylamine groups is 1. The molecule has 2 aliphatic heterocycles. The summed E-state index contributed by atoms with van der Waals surface area (Å²) in [5, 5.41) is 4.71. The van der Waals surface area contributed by atoms with Crippen LogP contribution in [-0.4, -0.2) is 47.1 Å². The third-order valence-corrected chi connectivity index (χ3v) is 9.86. The van der Waals surface area contributed by atoms with Crippen molar-refractivity contribution in [2.75, 3.05) is 11.9 Å². The summed E-state index contributed by atoms with van der Waals surface area (Å²) in [6.45, 7) is 0.239. The van der Waals surface area contributed by atoms with Crippen LogP contribution in [0.1, 0.15) is 114 Å². The summed E-state index contributed by atoms with van der Waals surface area (Å²) >= 11 is 1.92. The SMILES string of the molecule is O=C1CCC(N2C(=O)c3cccc(CCCCCCCCCCCCONC(=O)c4ccc(F)c(F)c4Nc4ccc(I)cc4F)c3C2=O)C(=O)N1. The lowest BCUT2D eigenvalue weighted by Gasteiger charge is -2.27. The van der Waals surface area contributed by atoms with Gasteiger partial charge in [0.1, 0.15) is 11.9 Å². The third-order valence-electron chi connectivity index (χ3n) is 9.19. The summed E-state index contributed by atoms with van der Waals surface area (Å²) in [5.74, 6) is -5.94. The van der Waals surface area contributed by atoms with E-state index in [1.807, 2.05) is 28.7 Å². The molecule has 5 rings (SSSR count). The van der Waals surface area contributed by atoms with Crippen molar-refractivity contribution in [3.63, 3.8) is 0 Å². The zero-order valence-electron chi connectivity index (χ0n) is 28.5. The van der Waals surface area contributed by atoms with Gasteiger partial charge in [0.25, 0.3) is 17.7 Å². The highest BCUT2D eigenvalue weighted by atomic mass is 127. The standard InChI is InChI=1S/C38H40F3IN4O6/c39-27-17-16-26(34(33(27)41)43-29-18-15-24(42)22-28(29)40)35(48)45-52-21-10-8-6-4-2-1-3-5-7-9-12-23-13-11-14-25-32(23)38(51)46(37(25)50)30-19-20-31(47)44-36(30)49/h11,13-18,22,30,43H,1-10,12,19-21H2,(H,45,48)(H,44,47,49). The highest BCUT2D eigenvalue weighted by molar-refractivity contribution is 14.1. The maximum Gasteiger partial charge on any atom is 0.277 e. The van der Waals surface area contributed by atoms with Crippen molar-refractivity contribution in [1.29, 1.82) is 0 Å². The number of benzene rings is 3. The molecule has 3 aromatic rings. The molecular formula is C38H40F3IN4O6. The summed E-state index contributed by atoms with van der Waals surface area (Å²) in [6, 6.07) is 10.4. The van der Waals surface area contributed by atoms with E-state index in [2.05, 4.69) is 16.1 Å². The number of halogens is 4. The van der Waals surface area contributed by atoms with Crippen LogP contribution in [-0.2, 0) is 20.8 Å². The van der Waals surface area contributed by atoms with Crippen LogP contribution in [0, 0.1) is 21.0 Å². The van der Waals surface area contributed by atoms with Gasteiger partial charge in [0, 0.05) is 9.99 Å². The first-order valence-electron chi connectivity index (χ1n) is 17.5. The Bertz CT molecular complexity index is 1840. The molecule has 0 aromatic heterocycles. The minimum atomic E-state index is -1.31. The predicted octanol–water partition coefficient (Wildman–Crippen LogP) is 7.66. The molecule has 1 saturated heterocycles. The number of imide groups is 2. The molecule has 2 aliphatic rings. The van der Waals surface area contributed by atoms with Crippen molar-refractivity contribution in [2.45, 2.75) is 89.5 Å². The Labute approximate surface area is 313 Å². The Balaban J connectivity index is 0.928. The van der Waals surface area contributed by atoms with E-state index >= 15 is 0 Å². The zero-order valence-corrected chi connectivity index (χ0v) is 30.7. The van der Waals surface area contributed by atoms with Crippen molar-refractivity contribution < 1.29 is 42.0 Å². The van der Waals surface area contributed by atoms with Gasteiger partial charge in [0.15, 0.2) is 11.6 Å². The van der Waals surface area contributed by atoms with Crippen LogP contribution < -0.4 is 16.1 Å². The number of anilines is 2. The Hall–Kier alpha value is -4.31. The molecule has 1 fully saturated rings. The fourth-order valence-corrected chi connectivity index (χ4v) is 6.91. The Morgan fingerprint density at radius 2 is 1.54 bits per heavy atom. The number of aryl methyl sites for hydroxylation is 1. The van der Waals surface area contributed by atoms with E-state index in [1.54, 1.807) is 18.2 Å².